The van der Waals surface area contributed by atoms with Gasteiger partial charge in [-0.15, -0.1) is 0 Å². The van der Waals surface area contributed by atoms with Gasteiger partial charge in [0.2, 0.25) is 0 Å². The van der Waals surface area contributed by atoms with Crippen LogP contribution in [0.2, 0.25) is 0 Å². The second kappa shape index (κ2) is 4.68. The molecule has 5 aromatic rings. The van der Waals surface area contributed by atoms with Crippen molar-refractivity contribution in [2.75, 3.05) is 0 Å². The zero-order valence-electron chi connectivity index (χ0n) is 13.2. The Balaban J connectivity index is 2.19. The van der Waals surface area contributed by atoms with E-state index in [-0.39, 0.29) is 5.43 Å². The molecule has 1 aromatic heterocycles. The van der Waals surface area contributed by atoms with Gasteiger partial charge in [0, 0.05) is 16.2 Å². The minimum absolute atomic E-state index is 0.0171. The number of hydrogen-bond donors (Lipinski definition) is 0. The molecule has 0 N–H and O–H groups in total. The molecule has 2 nitrogen and oxygen atoms in total. The smallest absolute Gasteiger partial charge is 0.179 e. The van der Waals surface area contributed by atoms with Crippen LogP contribution in [0.5, 0.6) is 0 Å². The monoisotopic (exact) mass is 310 g/mol. The summed E-state index contributed by atoms with van der Waals surface area (Å²) < 4.78 is 6.04. The molecular formula is C22H14O2. The Morgan fingerprint density at radius 3 is 2.42 bits per heavy atom. The van der Waals surface area contributed by atoms with Crippen LogP contribution in [-0.2, 0) is 0 Å². The summed E-state index contributed by atoms with van der Waals surface area (Å²) in [6.07, 6.45) is 1.81. The highest BCUT2D eigenvalue weighted by atomic mass is 16.3. The molecule has 0 aliphatic rings. The quantitative estimate of drug-likeness (QED) is 0.350. The summed E-state index contributed by atoms with van der Waals surface area (Å²) in [6.45, 7) is 2.08. The van der Waals surface area contributed by atoms with E-state index in [9.17, 15) is 4.79 Å². The van der Waals surface area contributed by atoms with Crippen LogP contribution in [-0.4, -0.2) is 0 Å². The third kappa shape index (κ3) is 1.74. The summed E-state index contributed by atoms with van der Waals surface area (Å²) in [6, 6.07) is 19.8. The average Bonchev–Trinajstić information content (AvgIpc) is 2.61. The predicted octanol–water partition coefficient (Wildman–Crippen LogP) is 5.56. The largest absolute Gasteiger partial charge is 0.463 e. The summed E-state index contributed by atoms with van der Waals surface area (Å²) in [5, 5.41) is 7.49. The molecule has 0 saturated heterocycles. The van der Waals surface area contributed by atoms with Gasteiger partial charge in [-0.2, -0.15) is 0 Å². The third-order valence-electron chi connectivity index (χ3n) is 4.73. The summed E-state index contributed by atoms with van der Waals surface area (Å²) in [5.74, 6) is 0. The van der Waals surface area contributed by atoms with Crippen LogP contribution in [0.15, 0.2) is 76.1 Å². The van der Waals surface area contributed by atoms with E-state index in [1.165, 1.54) is 10.9 Å². The number of aryl methyl sites for hydroxylation is 1. The van der Waals surface area contributed by atoms with Gasteiger partial charge in [0.15, 0.2) is 5.43 Å². The second-order valence-electron chi connectivity index (χ2n) is 6.28. The van der Waals surface area contributed by atoms with Crippen molar-refractivity contribution in [3.05, 3.63) is 82.7 Å². The van der Waals surface area contributed by atoms with Gasteiger partial charge in [0.25, 0.3) is 0 Å². The lowest BCUT2D eigenvalue weighted by Crippen LogP contribution is -1.95. The molecule has 0 fully saturated rings. The summed E-state index contributed by atoms with van der Waals surface area (Å²) in [5.41, 5.74) is 2.06. The Morgan fingerprint density at radius 1 is 0.750 bits per heavy atom. The van der Waals surface area contributed by atoms with Crippen molar-refractivity contribution in [3.63, 3.8) is 0 Å². The summed E-state index contributed by atoms with van der Waals surface area (Å²) in [7, 11) is 0. The topological polar surface area (TPSA) is 30.2 Å². The Morgan fingerprint density at radius 2 is 1.54 bits per heavy atom. The number of rotatable bonds is 0. The maximum Gasteiger partial charge on any atom is 0.179 e. The molecule has 0 unspecified atom stereocenters. The Kier molecular flexibility index (Phi) is 2.60. The van der Waals surface area contributed by atoms with E-state index in [0.717, 1.165) is 37.9 Å². The van der Waals surface area contributed by atoms with Crippen LogP contribution in [0.4, 0.5) is 0 Å². The van der Waals surface area contributed by atoms with Crippen LogP contribution >= 0.6 is 0 Å². The second-order valence-corrected chi connectivity index (χ2v) is 6.28. The van der Waals surface area contributed by atoms with E-state index in [1.54, 1.807) is 12.1 Å². The molecule has 0 bridgehead atoms. The van der Waals surface area contributed by atoms with Gasteiger partial charge in [-0.1, -0.05) is 42.0 Å². The number of benzene rings is 4. The van der Waals surface area contributed by atoms with Gasteiger partial charge in [-0.3, -0.25) is 4.79 Å². The lowest BCUT2D eigenvalue weighted by molar-refractivity contribution is 0.614. The molecule has 0 aliphatic heterocycles. The molecule has 2 heteroatoms. The molecule has 4 aromatic carbocycles. The van der Waals surface area contributed by atoms with Crippen molar-refractivity contribution in [2.24, 2.45) is 0 Å². The minimum Gasteiger partial charge on any atom is -0.463 e. The van der Waals surface area contributed by atoms with E-state index in [2.05, 4.69) is 37.3 Å². The Hall–Kier alpha value is -3.13. The van der Waals surface area contributed by atoms with Gasteiger partial charge in [0.1, 0.15) is 5.58 Å². The van der Waals surface area contributed by atoms with Gasteiger partial charge < -0.3 is 4.42 Å². The highest BCUT2D eigenvalue weighted by Gasteiger charge is 2.13. The molecule has 0 atom stereocenters. The minimum atomic E-state index is 0.0171. The standard InChI is InChI=1S/C22H14O2/c1-13-6-8-16-14(10-13)12-24-22-19-9-7-15(23)11-20(19)17-4-2-3-5-18(17)21(16)22/h2-12H,1H3. The predicted molar refractivity (Wildman–Crippen MR) is 99.7 cm³/mol. The van der Waals surface area contributed by atoms with Crippen molar-refractivity contribution >= 4 is 43.3 Å². The first-order chi connectivity index (χ1) is 11.7. The van der Waals surface area contributed by atoms with Crippen LogP contribution < -0.4 is 5.43 Å². The van der Waals surface area contributed by atoms with Crippen molar-refractivity contribution in [1.82, 2.24) is 0 Å². The van der Waals surface area contributed by atoms with Crippen LogP contribution in [0, 0.1) is 6.92 Å². The van der Waals surface area contributed by atoms with E-state index < -0.39 is 0 Å². The summed E-state index contributed by atoms with van der Waals surface area (Å²) in [4.78, 5) is 11.9. The lowest BCUT2D eigenvalue weighted by atomic mass is 9.95. The molecule has 114 valence electrons. The number of hydrogen-bond acceptors (Lipinski definition) is 2. The molecule has 24 heavy (non-hydrogen) atoms. The SMILES string of the molecule is Cc1ccc2c(coc3c4ccc(=O)cc4c4ccccc4c23)c1. The van der Waals surface area contributed by atoms with Gasteiger partial charge in [-0.25, -0.2) is 0 Å². The Bertz CT molecular complexity index is 1310. The van der Waals surface area contributed by atoms with Gasteiger partial charge in [0.05, 0.1) is 6.26 Å². The molecule has 0 radical (unpaired) electrons. The van der Waals surface area contributed by atoms with Gasteiger partial charge >= 0.3 is 0 Å². The molecule has 0 amide bonds. The van der Waals surface area contributed by atoms with Crippen molar-refractivity contribution in [1.29, 1.82) is 0 Å². The fourth-order valence-corrected chi connectivity index (χ4v) is 3.66. The van der Waals surface area contributed by atoms with E-state index in [4.69, 9.17) is 4.42 Å². The molecule has 5 rings (SSSR count). The van der Waals surface area contributed by atoms with Crippen LogP contribution in [0.1, 0.15) is 5.56 Å². The average molecular weight is 310 g/mol. The Labute approximate surface area is 137 Å². The molecule has 1 heterocycles. The first kappa shape index (κ1) is 13.3. The van der Waals surface area contributed by atoms with E-state index >= 15 is 0 Å². The maximum atomic E-state index is 11.9. The van der Waals surface area contributed by atoms with Crippen molar-refractivity contribution in [2.45, 2.75) is 6.92 Å². The van der Waals surface area contributed by atoms with Crippen molar-refractivity contribution in [3.8, 4) is 0 Å². The first-order valence-corrected chi connectivity index (χ1v) is 7.99. The number of fused-ring (bicyclic) bond motifs is 8. The van der Waals surface area contributed by atoms with Crippen LogP contribution in [0.25, 0.3) is 43.3 Å². The third-order valence-corrected chi connectivity index (χ3v) is 4.73. The fourth-order valence-electron chi connectivity index (χ4n) is 3.66. The van der Waals surface area contributed by atoms with Crippen molar-refractivity contribution < 1.29 is 4.42 Å². The van der Waals surface area contributed by atoms with E-state index in [0.29, 0.717) is 0 Å². The van der Waals surface area contributed by atoms with Gasteiger partial charge in [-0.05, 0) is 52.7 Å². The first-order valence-electron chi connectivity index (χ1n) is 7.99. The van der Waals surface area contributed by atoms with Crippen LogP contribution in [0.3, 0.4) is 0 Å². The zero-order chi connectivity index (χ0) is 16.3. The molecule has 0 aliphatic carbocycles. The molecule has 0 spiro atoms. The molecule has 0 saturated carbocycles. The molecular weight excluding hydrogens is 296 g/mol. The summed E-state index contributed by atoms with van der Waals surface area (Å²) >= 11 is 0. The normalized spacial score (nSPS) is 11.7. The highest BCUT2D eigenvalue weighted by Crippen LogP contribution is 2.38. The lowest BCUT2D eigenvalue weighted by Gasteiger charge is -2.11. The van der Waals surface area contributed by atoms with E-state index in [1.807, 2.05) is 24.5 Å². The fraction of sp³-hybridized carbons (Fsp3) is 0.0455. The zero-order valence-corrected chi connectivity index (χ0v) is 13.2. The maximum absolute atomic E-state index is 11.9. The highest BCUT2D eigenvalue weighted by molar-refractivity contribution is 6.29.